The van der Waals surface area contributed by atoms with Crippen LogP contribution in [0.25, 0.3) is 21.9 Å². The quantitative estimate of drug-likeness (QED) is 0.149. The number of unbranched alkanes of at least 4 members (excludes halogenated alkanes) is 1. The number of alkyl halides is 3. The second-order valence-electron chi connectivity index (χ2n) is 9.92. The molecule has 8 nitrogen and oxygen atoms in total. The predicted molar refractivity (Wildman–Crippen MR) is 157 cm³/mol. The third-order valence-electron chi connectivity index (χ3n) is 6.83. The summed E-state index contributed by atoms with van der Waals surface area (Å²) in [4.78, 5) is 21.8. The number of hydrogen-bond donors (Lipinski definition) is 2. The molecule has 3 heterocycles. The van der Waals surface area contributed by atoms with E-state index >= 15 is 0 Å². The lowest BCUT2D eigenvalue weighted by atomic mass is 10.0. The normalized spacial score (nSPS) is 13.7. The number of aromatic nitrogens is 3. The lowest BCUT2D eigenvalue weighted by Gasteiger charge is -2.25. The number of para-hydroxylation sites is 1. The Morgan fingerprint density at radius 2 is 1.93 bits per heavy atom. The second-order valence-corrected chi connectivity index (χ2v) is 10.9. The standard InChI is InChI=1S/C27H34N6OS.C2HF3O/c1-32-15-11-19-9-10-21(17-20(19)18-32)35-29-13-5-6-14-33-24(12-16-34-2)31-25-26(33)22-7-3-4-8-23(22)30-27(25)28;3-2(4,5)1-6/h3-4,7-10,17,29H,5-6,11-16,18H2,1-2H3,(H2,28,30);1H. The number of halogens is 3. The lowest BCUT2D eigenvalue weighted by molar-refractivity contribution is -0.156. The Morgan fingerprint density at radius 1 is 1.15 bits per heavy atom. The zero-order valence-electron chi connectivity index (χ0n) is 23.2. The number of benzene rings is 2. The van der Waals surface area contributed by atoms with Crippen molar-refractivity contribution < 1.29 is 22.7 Å². The SMILES string of the molecule is COCCc1nc2c(N)nc3ccccc3c2n1CCCCNSc1ccc2c(c1)CN(C)CC2.O=CC(F)(F)F. The Hall–Kier alpha value is -3.19. The van der Waals surface area contributed by atoms with Crippen molar-refractivity contribution in [3.05, 3.63) is 59.4 Å². The van der Waals surface area contributed by atoms with Gasteiger partial charge in [0.2, 0.25) is 6.29 Å². The van der Waals surface area contributed by atoms with Gasteiger partial charge in [-0.1, -0.05) is 24.3 Å². The minimum Gasteiger partial charge on any atom is -0.384 e. The van der Waals surface area contributed by atoms with E-state index in [1.54, 1.807) is 19.1 Å². The van der Waals surface area contributed by atoms with E-state index in [1.165, 1.54) is 16.0 Å². The van der Waals surface area contributed by atoms with E-state index in [9.17, 15) is 13.2 Å². The molecular weight excluding hydrogens is 553 g/mol. The van der Waals surface area contributed by atoms with Crippen molar-refractivity contribution in [3.63, 3.8) is 0 Å². The fraction of sp³-hybridized carbons (Fsp3) is 0.414. The Morgan fingerprint density at radius 3 is 2.68 bits per heavy atom. The van der Waals surface area contributed by atoms with Crippen molar-refractivity contribution in [2.75, 3.05) is 39.6 Å². The van der Waals surface area contributed by atoms with Crippen LogP contribution < -0.4 is 10.5 Å². The number of imidazole rings is 1. The first-order valence-electron chi connectivity index (χ1n) is 13.5. The largest absolute Gasteiger partial charge is 0.446 e. The van der Waals surface area contributed by atoms with Gasteiger partial charge < -0.3 is 19.9 Å². The van der Waals surface area contributed by atoms with E-state index in [4.69, 9.17) is 20.2 Å². The van der Waals surface area contributed by atoms with Crippen molar-refractivity contribution in [1.82, 2.24) is 24.2 Å². The van der Waals surface area contributed by atoms with Gasteiger partial charge in [-0.3, -0.25) is 9.52 Å². The predicted octanol–water partition coefficient (Wildman–Crippen LogP) is 5.17. The zero-order chi connectivity index (χ0) is 29.4. The number of nitrogens with one attached hydrogen (secondary N) is 1. The minimum absolute atomic E-state index is 0.491. The number of fused-ring (bicyclic) bond motifs is 4. The summed E-state index contributed by atoms with van der Waals surface area (Å²) in [6, 6.07) is 15.0. The van der Waals surface area contributed by atoms with E-state index in [1.807, 2.05) is 18.2 Å². The van der Waals surface area contributed by atoms with Crippen LogP contribution in [-0.2, 0) is 35.5 Å². The molecule has 0 amide bonds. The number of carbonyl (C=O) groups is 1. The zero-order valence-corrected chi connectivity index (χ0v) is 24.0. The summed E-state index contributed by atoms with van der Waals surface area (Å²) in [5, 5.41) is 1.10. The molecule has 220 valence electrons. The van der Waals surface area contributed by atoms with Gasteiger partial charge in [0.15, 0.2) is 5.82 Å². The Bertz CT molecular complexity index is 1480. The number of pyridine rings is 1. The van der Waals surface area contributed by atoms with E-state index in [0.29, 0.717) is 12.4 Å². The number of anilines is 1. The average molecular weight is 589 g/mol. The highest BCUT2D eigenvalue weighted by Gasteiger charge is 2.25. The number of carbonyl (C=O) groups excluding carboxylic acids is 1. The summed E-state index contributed by atoms with van der Waals surface area (Å²) < 4.78 is 42.5. The Kier molecular flexibility index (Phi) is 10.6. The molecule has 0 radical (unpaired) electrons. The van der Waals surface area contributed by atoms with Gasteiger partial charge in [-0.05, 0) is 67.6 Å². The number of nitrogen functional groups attached to an aromatic ring is 1. The topological polar surface area (TPSA) is 98.3 Å². The smallest absolute Gasteiger partial charge is 0.384 e. The van der Waals surface area contributed by atoms with Gasteiger partial charge in [-0.25, -0.2) is 9.97 Å². The fourth-order valence-corrected chi connectivity index (χ4v) is 5.62. The summed E-state index contributed by atoms with van der Waals surface area (Å²) >= 11 is 1.73. The van der Waals surface area contributed by atoms with Gasteiger partial charge in [0.1, 0.15) is 11.3 Å². The molecule has 1 aliphatic rings. The van der Waals surface area contributed by atoms with Crippen molar-refractivity contribution in [3.8, 4) is 0 Å². The lowest BCUT2D eigenvalue weighted by Crippen LogP contribution is -2.26. The summed E-state index contributed by atoms with van der Waals surface area (Å²) in [7, 11) is 3.92. The molecular formula is C29H35F3N6O2S. The van der Waals surface area contributed by atoms with Crippen LogP contribution in [0.1, 0.15) is 29.8 Å². The molecule has 0 saturated carbocycles. The maximum Gasteiger partial charge on any atom is 0.446 e. The molecule has 2 aromatic carbocycles. The third kappa shape index (κ3) is 8.19. The number of aldehydes is 1. The summed E-state index contributed by atoms with van der Waals surface area (Å²) in [6.45, 7) is 4.66. The van der Waals surface area contributed by atoms with Crippen LogP contribution in [0.3, 0.4) is 0 Å². The van der Waals surface area contributed by atoms with E-state index in [-0.39, 0.29) is 0 Å². The van der Waals surface area contributed by atoms with Crippen LogP contribution in [0.2, 0.25) is 0 Å². The van der Waals surface area contributed by atoms with Crippen molar-refractivity contribution in [2.45, 2.75) is 49.8 Å². The average Bonchev–Trinajstić information content (AvgIpc) is 3.32. The van der Waals surface area contributed by atoms with Crippen LogP contribution in [0.4, 0.5) is 19.0 Å². The molecule has 0 atom stereocenters. The minimum atomic E-state index is -4.64. The molecule has 0 saturated heterocycles. The van der Waals surface area contributed by atoms with E-state index in [0.717, 1.165) is 79.6 Å². The number of aryl methyl sites for hydroxylation is 1. The maximum absolute atomic E-state index is 10.4. The van der Waals surface area contributed by atoms with Crippen LogP contribution in [-0.4, -0.2) is 65.8 Å². The maximum atomic E-state index is 10.4. The van der Waals surface area contributed by atoms with Gasteiger partial charge in [0, 0.05) is 50.0 Å². The van der Waals surface area contributed by atoms with Crippen LogP contribution >= 0.6 is 11.9 Å². The van der Waals surface area contributed by atoms with E-state index in [2.05, 4.69) is 50.5 Å². The first kappa shape index (κ1) is 30.8. The molecule has 1 aliphatic heterocycles. The molecule has 0 bridgehead atoms. The van der Waals surface area contributed by atoms with Crippen molar-refractivity contribution >= 4 is 46.0 Å². The van der Waals surface area contributed by atoms with Crippen LogP contribution in [0.15, 0.2) is 47.4 Å². The van der Waals surface area contributed by atoms with Crippen molar-refractivity contribution in [2.24, 2.45) is 0 Å². The Labute approximate surface area is 241 Å². The molecule has 0 fully saturated rings. The van der Waals surface area contributed by atoms with Gasteiger partial charge in [0.25, 0.3) is 0 Å². The highest BCUT2D eigenvalue weighted by Crippen LogP contribution is 2.29. The molecule has 0 aliphatic carbocycles. The highest BCUT2D eigenvalue weighted by molar-refractivity contribution is 7.97. The molecule has 0 unspecified atom stereocenters. The van der Waals surface area contributed by atoms with Gasteiger partial charge in [-0.2, -0.15) is 13.2 Å². The number of nitrogens with two attached hydrogens (primary N) is 1. The van der Waals surface area contributed by atoms with Crippen LogP contribution in [0, 0.1) is 0 Å². The van der Waals surface area contributed by atoms with Gasteiger partial charge in [0.05, 0.1) is 17.6 Å². The second kappa shape index (κ2) is 14.1. The number of nitrogens with zero attached hydrogens (tertiary/aromatic N) is 4. The summed E-state index contributed by atoms with van der Waals surface area (Å²) in [5.74, 6) is 1.50. The highest BCUT2D eigenvalue weighted by atomic mass is 32.2. The summed E-state index contributed by atoms with van der Waals surface area (Å²) in [6.07, 6.45) is -1.68. The van der Waals surface area contributed by atoms with Crippen LogP contribution in [0.5, 0.6) is 0 Å². The third-order valence-corrected chi connectivity index (χ3v) is 7.67. The number of methoxy groups -OCH3 is 1. The van der Waals surface area contributed by atoms with Crippen molar-refractivity contribution in [1.29, 1.82) is 0 Å². The molecule has 2 aromatic heterocycles. The fourth-order valence-electron chi connectivity index (χ4n) is 4.87. The molecule has 3 N–H and O–H groups in total. The summed E-state index contributed by atoms with van der Waals surface area (Å²) in [5.41, 5.74) is 12.0. The molecule has 4 aromatic rings. The molecule has 0 spiro atoms. The monoisotopic (exact) mass is 588 g/mol. The molecule has 41 heavy (non-hydrogen) atoms. The Balaban J connectivity index is 0.000000585. The number of likely N-dealkylation sites (N-methyl/N-ethyl adjacent to an activating group) is 1. The molecule has 12 heteroatoms. The number of hydrogen-bond acceptors (Lipinski definition) is 8. The van der Waals surface area contributed by atoms with E-state index < -0.39 is 12.5 Å². The van der Waals surface area contributed by atoms with Gasteiger partial charge in [-0.15, -0.1) is 0 Å². The first-order chi connectivity index (χ1) is 19.7. The number of rotatable bonds is 10. The number of ether oxygens (including phenoxy) is 1. The molecule has 5 rings (SSSR count). The van der Waals surface area contributed by atoms with Gasteiger partial charge >= 0.3 is 6.18 Å². The first-order valence-corrected chi connectivity index (χ1v) is 14.3.